The lowest BCUT2D eigenvalue weighted by Crippen LogP contribution is -3.14. The molecule has 2 heterocycles. The molecule has 0 radical (unpaired) electrons. The van der Waals surface area contributed by atoms with Crippen molar-refractivity contribution in [2.75, 3.05) is 46.0 Å². The van der Waals surface area contributed by atoms with Crippen LogP contribution in [-0.2, 0) is 20.7 Å². The monoisotopic (exact) mass is 521 g/mol. The topological polar surface area (TPSA) is 80.5 Å². The lowest BCUT2D eigenvalue weighted by Gasteiger charge is -2.27. The van der Waals surface area contributed by atoms with Crippen LogP contribution in [0.25, 0.3) is 5.76 Å². The van der Waals surface area contributed by atoms with Crippen LogP contribution in [0.4, 0.5) is 0 Å². The number of aliphatic hydroxyl groups excluding tert-OH is 1. The van der Waals surface area contributed by atoms with Crippen molar-refractivity contribution in [1.82, 2.24) is 4.90 Å². The Kier molecular flexibility index (Phi) is 9.23. The number of ketones is 1. The highest BCUT2D eigenvalue weighted by Gasteiger charge is 2.46. The van der Waals surface area contributed by atoms with E-state index in [2.05, 4.69) is 20.8 Å². The molecule has 0 aliphatic carbocycles. The van der Waals surface area contributed by atoms with Crippen molar-refractivity contribution < 1.29 is 29.1 Å². The van der Waals surface area contributed by atoms with E-state index in [4.69, 9.17) is 9.47 Å². The summed E-state index contributed by atoms with van der Waals surface area (Å²) in [5, 5.41) is 11.5. The van der Waals surface area contributed by atoms with Gasteiger partial charge in [0.05, 0.1) is 38.0 Å². The predicted octanol–water partition coefficient (Wildman–Crippen LogP) is 3.32. The standard InChI is InChI=1S/C31H40N2O5/c1-5-23-7-9-24(10-8-23)28-27(29(34)26-12-11-25(19-22(26)4)38-20-21(2)3)30(35)31(36)33(28)14-6-13-32-15-17-37-18-16-32/h7-12,19,21,28,34H,5-6,13-18,20H2,1-4H3/p+1/t28-/m0/s1. The fraction of sp³-hybridized carbons (Fsp3) is 0.484. The van der Waals surface area contributed by atoms with E-state index in [1.807, 2.05) is 37.3 Å². The van der Waals surface area contributed by atoms with Gasteiger partial charge < -0.3 is 24.4 Å². The van der Waals surface area contributed by atoms with Crippen LogP contribution in [0.5, 0.6) is 5.75 Å². The third-order valence-electron chi connectivity index (χ3n) is 7.41. The van der Waals surface area contributed by atoms with Crippen molar-refractivity contribution in [2.45, 2.75) is 46.6 Å². The number of benzene rings is 2. The van der Waals surface area contributed by atoms with E-state index in [0.29, 0.717) is 30.4 Å². The van der Waals surface area contributed by atoms with Gasteiger partial charge in [-0.05, 0) is 54.2 Å². The van der Waals surface area contributed by atoms with Crippen LogP contribution in [0, 0.1) is 12.8 Å². The Morgan fingerprint density at radius 1 is 1.13 bits per heavy atom. The van der Waals surface area contributed by atoms with Crippen molar-refractivity contribution in [1.29, 1.82) is 0 Å². The molecule has 38 heavy (non-hydrogen) atoms. The SMILES string of the molecule is CCc1ccc([C@H]2C(=C(O)c3ccc(OCC(C)C)cc3C)C(=O)C(=O)N2CCC[NH+]2CCOCC2)cc1. The number of nitrogens with one attached hydrogen (secondary N) is 1. The highest BCUT2D eigenvalue weighted by molar-refractivity contribution is 6.46. The van der Waals surface area contributed by atoms with Gasteiger partial charge in [0.1, 0.15) is 24.6 Å². The summed E-state index contributed by atoms with van der Waals surface area (Å²) in [6.45, 7) is 13.5. The summed E-state index contributed by atoms with van der Waals surface area (Å²) < 4.78 is 11.3. The van der Waals surface area contributed by atoms with E-state index < -0.39 is 17.7 Å². The number of ether oxygens (including phenoxy) is 2. The second kappa shape index (κ2) is 12.6. The maximum Gasteiger partial charge on any atom is 0.295 e. The van der Waals surface area contributed by atoms with E-state index in [1.165, 1.54) is 10.5 Å². The number of nitrogens with zero attached hydrogens (tertiary/aromatic N) is 1. The Morgan fingerprint density at radius 3 is 2.47 bits per heavy atom. The predicted molar refractivity (Wildman–Crippen MR) is 147 cm³/mol. The molecule has 204 valence electrons. The van der Waals surface area contributed by atoms with Gasteiger partial charge in [0.15, 0.2) is 0 Å². The molecule has 0 saturated carbocycles. The fourth-order valence-electron chi connectivity index (χ4n) is 5.20. The zero-order valence-electron chi connectivity index (χ0n) is 23.1. The molecule has 7 heteroatoms. The molecule has 4 rings (SSSR count). The summed E-state index contributed by atoms with van der Waals surface area (Å²) in [6.07, 6.45) is 1.67. The van der Waals surface area contributed by atoms with Crippen LogP contribution in [0.2, 0.25) is 0 Å². The lowest BCUT2D eigenvalue weighted by molar-refractivity contribution is -0.908. The van der Waals surface area contributed by atoms with Crippen molar-refractivity contribution in [3.8, 4) is 5.75 Å². The Balaban J connectivity index is 1.66. The molecule has 0 bridgehead atoms. The molecular weight excluding hydrogens is 480 g/mol. The third-order valence-corrected chi connectivity index (χ3v) is 7.41. The van der Waals surface area contributed by atoms with Gasteiger partial charge in [0.2, 0.25) is 0 Å². The number of quaternary nitrogens is 1. The van der Waals surface area contributed by atoms with Gasteiger partial charge in [-0.25, -0.2) is 0 Å². The van der Waals surface area contributed by atoms with Crippen LogP contribution in [0.1, 0.15) is 55.5 Å². The van der Waals surface area contributed by atoms with Crippen LogP contribution in [0.3, 0.4) is 0 Å². The number of carbonyl (C=O) groups is 2. The molecule has 0 unspecified atom stereocenters. The molecule has 2 aliphatic rings. The number of hydrogen-bond acceptors (Lipinski definition) is 5. The van der Waals surface area contributed by atoms with Gasteiger partial charge in [-0.1, -0.05) is 45.0 Å². The molecule has 2 aromatic rings. The van der Waals surface area contributed by atoms with E-state index in [-0.39, 0.29) is 11.3 Å². The van der Waals surface area contributed by atoms with Crippen LogP contribution in [0.15, 0.2) is 48.0 Å². The van der Waals surface area contributed by atoms with E-state index in [9.17, 15) is 14.7 Å². The first-order valence-corrected chi connectivity index (χ1v) is 13.8. The number of amides is 1. The number of rotatable bonds is 10. The number of hydrogen-bond donors (Lipinski definition) is 2. The lowest BCUT2D eigenvalue weighted by atomic mass is 9.93. The molecule has 0 spiro atoms. The molecule has 2 fully saturated rings. The van der Waals surface area contributed by atoms with Crippen LogP contribution >= 0.6 is 0 Å². The number of morpholine rings is 1. The molecule has 1 amide bonds. The summed E-state index contributed by atoms with van der Waals surface area (Å²) in [5.41, 5.74) is 3.47. The number of aryl methyl sites for hydroxylation is 2. The van der Waals surface area contributed by atoms with Gasteiger partial charge in [-0.15, -0.1) is 0 Å². The molecule has 0 aromatic heterocycles. The largest absolute Gasteiger partial charge is 0.507 e. The highest BCUT2D eigenvalue weighted by atomic mass is 16.5. The van der Waals surface area contributed by atoms with E-state index in [1.54, 1.807) is 17.0 Å². The van der Waals surface area contributed by atoms with E-state index >= 15 is 0 Å². The van der Waals surface area contributed by atoms with Crippen molar-refractivity contribution >= 4 is 17.4 Å². The molecular formula is C31H41N2O5+. The highest BCUT2D eigenvalue weighted by Crippen LogP contribution is 2.40. The zero-order valence-corrected chi connectivity index (χ0v) is 23.1. The molecule has 7 nitrogen and oxygen atoms in total. The number of aliphatic hydroxyl groups is 1. The van der Waals surface area contributed by atoms with Gasteiger partial charge in [0.25, 0.3) is 11.7 Å². The number of Topliss-reactive ketones (excluding diaryl/α,β-unsaturated/α-hetero) is 1. The summed E-state index contributed by atoms with van der Waals surface area (Å²) in [6, 6.07) is 12.8. The Labute approximate surface area is 226 Å². The summed E-state index contributed by atoms with van der Waals surface area (Å²) in [5.74, 6) is -0.219. The molecule has 2 saturated heterocycles. The van der Waals surface area contributed by atoms with E-state index in [0.717, 1.165) is 56.8 Å². The summed E-state index contributed by atoms with van der Waals surface area (Å²) in [4.78, 5) is 29.8. The van der Waals surface area contributed by atoms with Gasteiger partial charge in [0, 0.05) is 18.5 Å². The van der Waals surface area contributed by atoms with Gasteiger partial charge >= 0.3 is 0 Å². The summed E-state index contributed by atoms with van der Waals surface area (Å²) in [7, 11) is 0. The first-order valence-electron chi connectivity index (χ1n) is 13.8. The normalized spacial score (nSPS) is 19.9. The average molecular weight is 522 g/mol. The number of carbonyl (C=O) groups excluding carboxylic acids is 2. The third kappa shape index (κ3) is 6.27. The first-order chi connectivity index (χ1) is 18.3. The second-order valence-corrected chi connectivity index (χ2v) is 10.7. The van der Waals surface area contributed by atoms with Crippen LogP contribution in [-0.4, -0.2) is 67.7 Å². The van der Waals surface area contributed by atoms with Crippen molar-refractivity contribution in [3.05, 3.63) is 70.3 Å². The minimum atomic E-state index is -0.634. The van der Waals surface area contributed by atoms with Crippen molar-refractivity contribution in [2.24, 2.45) is 5.92 Å². The smallest absolute Gasteiger partial charge is 0.295 e. The molecule has 2 N–H and O–H groups in total. The van der Waals surface area contributed by atoms with Crippen molar-refractivity contribution in [3.63, 3.8) is 0 Å². The maximum atomic E-state index is 13.4. The van der Waals surface area contributed by atoms with Gasteiger partial charge in [-0.3, -0.25) is 9.59 Å². The van der Waals surface area contributed by atoms with Crippen LogP contribution < -0.4 is 9.64 Å². The first kappa shape index (κ1) is 27.9. The minimum absolute atomic E-state index is 0.137. The molecule has 2 aromatic carbocycles. The Morgan fingerprint density at radius 2 is 1.84 bits per heavy atom. The summed E-state index contributed by atoms with van der Waals surface area (Å²) >= 11 is 0. The Hall–Kier alpha value is -3.16. The molecule has 1 atom stereocenters. The Bertz CT molecular complexity index is 1170. The fourth-order valence-corrected chi connectivity index (χ4v) is 5.20. The minimum Gasteiger partial charge on any atom is -0.507 e. The maximum absolute atomic E-state index is 13.4. The zero-order chi connectivity index (χ0) is 27.2. The second-order valence-electron chi connectivity index (χ2n) is 10.7. The number of likely N-dealkylation sites (tertiary alicyclic amines) is 1. The average Bonchev–Trinajstić information content (AvgIpc) is 3.17. The van der Waals surface area contributed by atoms with Gasteiger partial charge in [-0.2, -0.15) is 0 Å². The quantitative estimate of drug-likeness (QED) is 0.285. The molecule has 2 aliphatic heterocycles.